The third-order valence-electron chi connectivity index (χ3n) is 2.68. The van der Waals surface area contributed by atoms with E-state index in [1.54, 1.807) is 30.5 Å². The molecule has 3 nitrogen and oxygen atoms in total. The summed E-state index contributed by atoms with van der Waals surface area (Å²) in [6, 6.07) is 8.77. The van der Waals surface area contributed by atoms with Crippen LogP contribution in [0.5, 0.6) is 0 Å². The molecule has 0 aliphatic heterocycles. The van der Waals surface area contributed by atoms with E-state index in [0.717, 1.165) is 4.47 Å². The molecule has 1 aromatic carbocycles. The highest BCUT2D eigenvalue weighted by Crippen LogP contribution is 2.19. The number of halogens is 3. The van der Waals surface area contributed by atoms with Crippen LogP contribution in [-0.2, 0) is 13.1 Å². The van der Waals surface area contributed by atoms with Gasteiger partial charge >= 0.3 is 0 Å². The van der Waals surface area contributed by atoms with Gasteiger partial charge in [-0.2, -0.15) is 0 Å². The van der Waals surface area contributed by atoms with Crippen molar-refractivity contribution in [3.05, 3.63) is 56.4 Å². The molecular formula is C14H16BrFIN3S. The van der Waals surface area contributed by atoms with Crippen LogP contribution in [0, 0.1) is 5.82 Å². The van der Waals surface area contributed by atoms with Gasteiger partial charge in [0.2, 0.25) is 0 Å². The van der Waals surface area contributed by atoms with Crippen LogP contribution in [0.25, 0.3) is 0 Å². The van der Waals surface area contributed by atoms with Crippen LogP contribution in [0.15, 0.2) is 45.2 Å². The summed E-state index contributed by atoms with van der Waals surface area (Å²) in [4.78, 5) is 5.32. The molecule has 0 saturated heterocycles. The minimum Gasteiger partial charge on any atom is -0.352 e. The first kappa shape index (κ1) is 18.4. The van der Waals surface area contributed by atoms with Crippen LogP contribution in [0.2, 0.25) is 0 Å². The Kier molecular flexibility index (Phi) is 8.20. The molecule has 7 heteroatoms. The Hall–Kier alpha value is -0.670. The van der Waals surface area contributed by atoms with E-state index in [4.69, 9.17) is 0 Å². The third-order valence-corrected chi connectivity index (χ3v) is 4.38. The molecule has 0 saturated carbocycles. The van der Waals surface area contributed by atoms with Gasteiger partial charge in [0.05, 0.1) is 6.54 Å². The van der Waals surface area contributed by atoms with E-state index in [1.165, 1.54) is 10.9 Å². The van der Waals surface area contributed by atoms with E-state index < -0.39 is 0 Å². The molecule has 2 N–H and O–H groups in total. The molecule has 0 aliphatic rings. The van der Waals surface area contributed by atoms with Crippen LogP contribution in [0.1, 0.15) is 10.4 Å². The lowest BCUT2D eigenvalue weighted by molar-refractivity contribution is 0.604. The van der Waals surface area contributed by atoms with E-state index in [1.807, 2.05) is 11.4 Å². The van der Waals surface area contributed by atoms with Crippen LogP contribution in [-0.4, -0.2) is 13.0 Å². The lowest BCUT2D eigenvalue weighted by atomic mass is 10.2. The second-order valence-corrected chi connectivity index (χ2v) is 6.01. The average Bonchev–Trinajstić information content (AvgIpc) is 2.86. The standard InChI is InChI=1S/C14H15BrFN3S.HI/c1-17-14(19-8-12-6-11(15)9-20-12)18-7-10-4-2-3-5-13(10)16;/h2-6,9H,7-8H2,1H3,(H2,17,18,19);1H. The Morgan fingerprint density at radius 3 is 2.62 bits per heavy atom. The minimum atomic E-state index is -0.211. The molecule has 0 bridgehead atoms. The highest BCUT2D eigenvalue weighted by Gasteiger charge is 2.03. The van der Waals surface area contributed by atoms with Gasteiger partial charge in [0, 0.05) is 33.9 Å². The molecule has 21 heavy (non-hydrogen) atoms. The highest BCUT2D eigenvalue weighted by atomic mass is 127. The fourth-order valence-corrected chi connectivity index (χ4v) is 3.05. The number of nitrogens with one attached hydrogen (secondary N) is 2. The number of guanidine groups is 1. The smallest absolute Gasteiger partial charge is 0.191 e. The zero-order valence-electron chi connectivity index (χ0n) is 11.4. The molecule has 0 unspecified atom stereocenters. The summed E-state index contributed by atoms with van der Waals surface area (Å²) in [5.74, 6) is 0.440. The number of benzene rings is 1. The van der Waals surface area contributed by atoms with Gasteiger partial charge < -0.3 is 10.6 Å². The van der Waals surface area contributed by atoms with E-state index in [-0.39, 0.29) is 29.8 Å². The van der Waals surface area contributed by atoms with Crippen LogP contribution >= 0.6 is 51.2 Å². The van der Waals surface area contributed by atoms with E-state index in [2.05, 4.69) is 37.6 Å². The molecule has 1 aromatic heterocycles. The highest BCUT2D eigenvalue weighted by molar-refractivity contribution is 14.0. The first-order chi connectivity index (χ1) is 9.69. The quantitative estimate of drug-likeness (QED) is 0.389. The van der Waals surface area contributed by atoms with Crippen molar-refractivity contribution < 1.29 is 4.39 Å². The summed E-state index contributed by atoms with van der Waals surface area (Å²) in [5.41, 5.74) is 0.620. The third kappa shape index (κ3) is 5.91. The summed E-state index contributed by atoms with van der Waals surface area (Å²) in [7, 11) is 1.70. The maximum absolute atomic E-state index is 13.5. The van der Waals surface area contributed by atoms with Crippen molar-refractivity contribution in [3.63, 3.8) is 0 Å². The minimum absolute atomic E-state index is 0. The second kappa shape index (κ2) is 9.37. The van der Waals surface area contributed by atoms with E-state index in [0.29, 0.717) is 24.6 Å². The lowest BCUT2D eigenvalue weighted by Gasteiger charge is -2.11. The van der Waals surface area contributed by atoms with Gasteiger partial charge in [-0.3, -0.25) is 4.99 Å². The summed E-state index contributed by atoms with van der Waals surface area (Å²) < 4.78 is 14.6. The number of nitrogens with zero attached hydrogens (tertiary/aromatic N) is 1. The maximum atomic E-state index is 13.5. The van der Waals surface area contributed by atoms with Crippen LogP contribution in [0.3, 0.4) is 0 Å². The van der Waals surface area contributed by atoms with Gasteiger partial charge in [-0.15, -0.1) is 35.3 Å². The van der Waals surface area contributed by atoms with Crippen molar-refractivity contribution >= 4 is 57.2 Å². The SMILES string of the molecule is CN=C(NCc1cc(Br)cs1)NCc1ccccc1F.I. The monoisotopic (exact) mass is 483 g/mol. The number of thiophene rings is 1. The Balaban J connectivity index is 0.00000220. The molecule has 0 spiro atoms. The largest absolute Gasteiger partial charge is 0.352 e. The molecule has 0 fully saturated rings. The molecule has 0 radical (unpaired) electrons. The Labute approximate surface area is 153 Å². The first-order valence-electron chi connectivity index (χ1n) is 6.10. The van der Waals surface area contributed by atoms with Crippen molar-refractivity contribution in [2.45, 2.75) is 13.1 Å². The number of hydrogen-bond acceptors (Lipinski definition) is 2. The topological polar surface area (TPSA) is 36.4 Å². The van der Waals surface area contributed by atoms with Gasteiger partial charge in [0.25, 0.3) is 0 Å². The van der Waals surface area contributed by atoms with Gasteiger partial charge in [-0.25, -0.2) is 4.39 Å². The molecule has 2 rings (SSSR count). The zero-order valence-corrected chi connectivity index (χ0v) is 16.1. The average molecular weight is 484 g/mol. The number of hydrogen-bond donors (Lipinski definition) is 2. The zero-order chi connectivity index (χ0) is 14.4. The van der Waals surface area contributed by atoms with E-state index >= 15 is 0 Å². The Morgan fingerprint density at radius 1 is 1.29 bits per heavy atom. The summed E-state index contributed by atoms with van der Waals surface area (Å²) >= 11 is 5.09. The van der Waals surface area contributed by atoms with Crippen molar-refractivity contribution in [1.82, 2.24) is 10.6 Å². The Bertz CT molecular complexity index is 603. The summed E-state index contributed by atoms with van der Waals surface area (Å²) in [5, 5.41) is 8.32. The number of rotatable bonds is 4. The Morgan fingerprint density at radius 2 is 2.00 bits per heavy atom. The first-order valence-corrected chi connectivity index (χ1v) is 7.77. The fraction of sp³-hybridized carbons (Fsp3) is 0.214. The predicted octanol–water partition coefficient (Wildman–Crippen LogP) is 4.13. The van der Waals surface area contributed by atoms with Crippen molar-refractivity contribution in [2.75, 3.05) is 7.05 Å². The predicted molar refractivity (Wildman–Crippen MR) is 101 cm³/mol. The molecule has 0 atom stereocenters. The summed E-state index contributed by atoms with van der Waals surface area (Å²) in [6.45, 7) is 1.09. The molecular weight excluding hydrogens is 468 g/mol. The molecule has 2 aromatic rings. The summed E-state index contributed by atoms with van der Waals surface area (Å²) in [6.07, 6.45) is 0. The maximum Gasteiger partial charge on any atom is 0.191 e. The number of aliphatic imine (C=N–C) groups is 1. The normalized spacial score (nSPS) is 10.9. The van der Waals surface area contributed by atoms with Crippen LogP contribution < -0.4 is 10.6 Å². The van der Waals surface area contributed by atoms with Crippen molar-refractivity contribution in [2.24, 2.45) is 4.99 Å². The second-order valence-electron chi connectivity index (χ2n) is 4.10. The van der Waals surface area contributed by atoms with Gasteiger partial charge in [-0.1, -0.05) is 18.2 Å². The molecule has 0 amide bonds. The van der Waals surface area contributed by atoms with Crippen LogP contribution in [0.4, 0.5) is 4.39 Å². The molecule has 114 valence electrons. The van der Waals surface area contributed by atoms with Gasteiger partial charge in [0.15, 0.2) is 5.96 Å². The van der Waals surface area contributed by atoms with Crippen molar-refractivity contribution in [1.29, 1.82) is 0 Å². The lowest BCUT2D eigenvalue weighted by Crippen LogP contribution is -2.36. The fourth-order valence-electron chi connectivity index (χ4n) is 1.66. The van der Waals surface area contributed by atoms with Crippen molar-refractivity contribution in [3.8, 4) is 0 Å². The molecule has 0 aliphatic carbocycles. The van der Waals surface area contributed by atoms with Gasteiger partial charge in [0.1, 0.15) is 5.82 Å². The van der Waals surface area contributed by atoms with Gasteiger partial charge in [-0.05, 0) is 28.1 Å². The van der Waals surface area contributed by atoms with E-state index in [9.17, 15) is 4.39 Å². The molecule has 1 heterocycles.